The molecule has 62 valence electrons. The van der Waals surface area contributed by atoms with Crippen molar-refractivity contribution in [3.63, 3.8) is 0 Å². The summed E-state index contributed by atoms with van der Waals surface area (Å²) in [6, 6.07) is 1.81. The summed E-state index contributed by atoms with van der Waals surface area (Å²) >= 11 is 0. The van der Waals surface area contributed by atoms with Gasteiger partial charge in [0.05, 0.1) is 5.56 Å². The number of carbonyl (C=O) groups is 1. The van der Waals surface area contributed by atoms with E-state index in [1.807, 2.05) is 0 Å². The van der Waals surface area contributed by atoms with E-state index in [1.165, 1.54) is 6.20 Å². The summed E-state index contributed by atoms with van der Waals surface area (Å²) in [5.74, 6) is -0.399. The van der Waals surface area contributed by atoms with Gasteiger partial charge in [0.1, 0.15) is 0 Å². The summed E-state index contributed by atoms with van der Waals surface area (Å²) < 4.78 is 0. The van der Waals surface area contributed by atoms with Crippen LogP contribution in [0.2, 0.25) is 0 Å². The van der Waals surface area contributed by atoms with Crippen LogP contribution in [-0.2, 0) is 0 Å². The fraction of sp³-hybridized carbons (Fsp3) is 0.333. The number of carboxylic acid groups (broad SMARTS) is 1. The van der Waals surface area contributed by atoms with E-state index in [-0.39, 0.29) is 0 Å². The molecule has 0 atom stereocenters. The minimum absolute atomic E-state index is 0.361. The van der Waals surface area contributed by atoms with Gasteiger partial charge in [-0.3, -0.25) is 4.98 Å². The van der Waals surface area contributed by atoms with Crippen molar-refractivity contribution in [3.8, 4) is 0 Å². The van der Waals surface area contributed by atoms with Crippen LogP contribution in [0.1, 0.15) is 34.7 Å². The van der Waals surface area contributed by atoms with Gasteiger partial charge in [-0.1, -0.05) is 0 Å². The second kappa shape index (κ2) is 2.59. The van der Waals surface area contributed by atoms with E-state index in [4.69, 9.17) is 5.11 Å². The summed E-state index contributed by atoms with van der Waals surface area (Å²) in [5, 5.41) is 8.80. The maximum Gasteiger partial charge on any atom is 0.337 e. The highest BCUT2D eigenvalue weighted by molar-refractivity contribution is 5.89. The van der Waals surface area contributed by atoms with Crippen LogP contribution in [0, 0.1) is 0 Å². The van der Waals surface area contributed by atoms with E-state index in [0.717, 1.165) is 18.4 Å². The molecule has 1 aliphatic rings. The van der Waals surface area contributed by atoms with Gasteiger partial charge in [0.25, 0.3) is 0 Å². The summed E-state index contributed by atoms with van der Waals surface area (Å²) in [6.07, 6.45) is 5.31. The molecule has 3 nitrogen and oxygen atoms in total. The number of aromatic carboxylic acids is 1. The van der Waals surface area contributed by atoms with Crippen LogP contribution in [0.4, 0.5) is 0 Å². The van der Waals surface area contributed by atoms with Crippen molar-refractivity contribution in [1.29, 1.82) is 0 Å². The summed E-state index contributed by atoms with van der Waals surface area (Å²) in [6.45, 7) is 0. The van der Waals surface area contributed by atoms with Gasteiger partial charge in [-0.2, -0.15) is 0 Å². The predicted octanol–water partition coefficient (Wildman–Crippen LogP) is 1.66. The van der Waals surface area contributed by atoms with Crippen LogP contribution in [0.15, 0.2) is 18.5 Å². The Bertz CT molecular complexity index is 318. The van der Waals surface area contributed by atoms with Gasteiger partial charge >= 0.3 is 5.97 Å². The second-order valence-electron chi connectivity index (χ2n) is 3.04. The predicted molar refractivity (Wildman–Crippen MR) is 43.2 cm³/mol. The van der Waals surface area contributed by atoms with E-state index in [9.17, 15) is 4.79 Å². The molecule has 0 radical (unpaired) electrons. The number of hydrogen-bond acceptors (Lipinski definition) is 2. The average Bonchev–Trinajstić information content (AvgIpc) is 2.87. The first kappa shape index (κ1) is 7.28. The third-order valence-corrected chi connectivity index (χ3v) is 2.10. The lowest BCUT2D eigenvalue weighted by atomic mass is 10.1. The fourth-order valence-corrected chi connectivity index (χ4v) is 1.33. The molecule has 2 rings (SSSR count). The largest absolute Gasteiger partial charge is 0.478 e. The molecule has 12 heavy (non-hydrogen) atoms. The maximum atomic E-state index is 10.7. The smallest absolute Gasteiger partial charge is 0.337 e. The Kier molecular flexibility index (Phi) is 1.57. The summed E-state index contributed by atoms with van der Waals surface area (Å²) in [7, 11) is 0. The molecule has 0 bridgehead atoms. The highest BCUT2D eigenvalue weighted by atomic mass is 16.4. The van der Waals surface area contributed by atoms with Crippen LogP contribution in [0.25, 0.3) is 0 Å². The van der Waals surface area contributed by atoms with E-state index in [2.05, 4.69) is 4.98 Å². The van der Waals surface area contributed by atoms with Gasteiger partial charge in [0, 0.05) is 12.4 Å². The zero-order valence-corrected chi connectivity index (χ0v) is 6.53. The quantitative estimate of drug-likeness (QED) is 0.721. The lowest BCUT2D eigenvalue weighted by Crippen LogP contribution is -2.01. The number of pyridine rings is 1. The Labute approximate surface area is 70.1 Å². The SMILES string of the molecule is O=C(O)c1cnccc1C1CC1. The van der Waals surface area contributed by atoms with Gasteiger partial charge < -0.3 is 5.11 Å². The molecular weight excluding hydrogens is 154 g/mol. The van der Waals surface area contributed by atoms with E-state index in [1.54, 1.807) is 12.3 Å². The van der Waals surface area contributed by atoms with Crippen molar-refractivity contribution in [2.45, 2.75) is 18.8 Å². The molecule has 0 amide bonds. The maximum absolute atomic E-state index is 10.7. The van der Waals surface area contributed by atoms with Crippen molar-refractivity contribution < 1.29 is 9.90 Å². The monoisotopic (exact) mass is 163 g/mol. The van der Waals surface area contributed by atoms with Crippen LogP contribution in [0.5, 0.6) is 0 Å². The lowest BCUT2D eigenvalue weighted by molar-refractivity contribution is 0.0695. The summed E-state index contributed by atoms with van der Waals surface area (Å²) in [4.78, 5) is 14.5. The third kappa shape index (κ3) is 1.18. The van der Waals surface area contributed by atoms with Crippen LogP contribution >= 0.6 is 0 Å². The number of nitrogens with zero attached hydrogens (tertiary/aromatic N) is 1. The lowest BCUT2D eigenvalue weighted by Gasteiger charge is -2.01. The standard InChI is InChI=1S/C9H9NO2/c11-9(12)8-5-10-4-3-7(8)6-1-2-6/h3-6H,1-2H2,(H,11,12). The van der Waals surface area contributed by atoms with E-state index >= 15 is 0 Å². The van der Waals surface area contributed by atoms with Crippen molar-refractivity contribution in [3.05, 3.63) is 29.6 Å². The molecule has 0 unspecified atom stereocenters. The molecule has 1 fully saturated rings. The Morgan fingerprint density at radius 2 is 2.33 bits per heavy atom. The molecule has 0 saturated heterocycles. The Hall–Kier alpha value is -1.38. The first-order valence-electron chi connectivity index (χ1n) is 3.96. The van der Waals surface area contributed by atoms with Crippen molar-refractivity contribution in [2.75, 3.05) is 0 Å². The molecule has 1 aromatic rings. The van der Waals surface area contributed by atoms with Crippen molar-refractivity contribution in [1.82, 2.24) is 4.98 Å². The van der Waals surface area contributed by atoms with E-state index < -0.39 is 5.97 Å². The average molecular weight is 163 g/mol. The number of carboxylic acids is 1. The molecule has 1 N–H and O–H groups in total. The molecular formula is C9H9NO2. The van der Waals surface area contributed by atoms with Gasteiger partial charge in [0.15, 0.2) is 0 Å². The molecule has 1 aliphatic carbocycles. The Balaban J connectivity index is 2.43. The molecule has 3 heteroatoms. The van der Waals surface area contributed by atoms with E-state index in [0.29, 0.717) is 11.5 Å². The highest BCUT2D eigenvalue weighted by Gasteiger charge is 2.27. The topological polar surface area (TPSA) is 50.2 Å². The molecule has 1 heterocycles. The minimum atomic E-state index is -0.870. The molecule has 1 saturated carbocycles. The van der Waals surface area contributed by atoms with Crippen molar-refractivity contribution >= 4 is 5.97 Å². The number of rotatable bonds is 2. The van der Waals surface area contributed by atoms with Gasteiger partial charge in [-0.15, -0.1) is 0 Å². The zero-order valence-electron chi connectivity index (χ0n) is 6.53. The minimum Gasteiger partial charge on any atom is -0.478 e. The first-order chi connectivity index (χ1) is 5.79. The number of aromatic nitrogens is 1. The second-order valence-corrected chi connectivity index (χ2v) is 3.04. The van der Waals surface area contributed by atoms with Crippen molar-refractivity contribution in [2.24, 2.45) is 0 Å². The van der Waals surface area contributed by atoms with Crippen LogP contribution < -0.4 is 0 Å². The van der Waals surface area contributed by atoms with Gasteiger partial charge in [-0.05, 0) is 30.4 Å². The van der Waals surface area contributed by atoms with Crippen LogP contribution in [-0.4, -0.2) is 16.1 Å². The fourth-order valence-electron chi connectivity index (χ4n) is 1.33. The molecule has 1 aromatic heterocycles. The highest BCUT2D eigenvalue weighted by Crippen LogP contribution is 2.41. The van der Waals surface area contributed by atoms with Gasteiger partial charge in [-0.25, -0.2) is 4.79 Å². The zero-order chi connectivity index (χ0) is 8.55. The number of hydrogen-bond donors (Lipinski definition) is 1. The third-order valence-electron chi connectivity index (χ3n) is 2.10. The molecule has 0 spiro atoms. The normalized spacial score (nSPS) is 16.0. The molecule has 0 aromatic carbocycles. The molecule has 0 aliphatic heterocycles. The summed E-state index contributed by atoms with van der Waals surface area (Å²) in [5.41, 5.74) is 1.30. The van der Waals surface area contributed by atoms with Crippen LogP contribution in [0.3, 0.4) is 0 Å². The Morgan fingerprint density at radius 3 is 2.92 bits per heavy atom. The Morgan fingerprint density at radius 1 is 1.58 bits per heavy atom. The van der Waals surface area contributed by atoms with Gasteiger partial charge in [0.2, 0.25) is 0 Å². The first-order valence-corrected chi connectivity index (χ1v) is 3.96.